The van der Waals surface area contributed by atoms with Gasteiger partial charge in [-0.15, -0.1) is 11.8 Å². The minimum Gasteiger partial charge on any atom is -0.354 e. The van der Waals surface area contributed by atoms with Crippen LogP contribution < -0.4 is 5.32 Å². The molecule has 1 heterocycles. The van der Waals surface area contributed by atoms with Gasteiger partial charge >= 0.3 is 0 Å². The van der Waals surface area contributed by atoms with Gasteiger partial charge in [0.1, 0.15) is 0 Å². The molecule has 0 spiro atoms. The van der Waals surface area contributed by atoms with Crippen LogP contribution in [0.5, 0.6) is 0 Å². The van der Waals surface area contributed by atoms with E-state index in [1.54, 1.807) is 11.8 Å². The van der Waals surface area contributed by atoms with Crippen LogP contribution in [0.1, 0.15) is 21.9 Å². The van der Waals surface area contributed by atoms with Gasteiger partial charge in [0.15, 0.2) is 0 Å². The summed E-state index contributed by atoms with van der Waals surface area (Å²) in [4.78, 5) is 13.8. The number of carbonyl (C=O) groups is 1. The molecule has 2 nitrogen and oxygen atoms in total. The van der Waals surface area contributed by atoms with Crippen molar-refractivity contribution in [3.63, 3.8) is 0 Å². The first-order chi connectivity index (χ1) is 10.3. The minimum atomic E-state index is -0.0262. The van der Waals surface area contributed by atoms with E-state index in [1.807, 2.05) is 30.3 Å². The third-order valence-electron chi connectivity index (χ3n) is 3.63. The summed E-state index contributed by atoms with van der Waals surface area (Å²) in [6.07, 6.45) is 0. The topological polar surface area (TPSA) is 29.1 Å². The van der Waals surface area contributed by atoms with E-state index in [-0.39, 0.29) is 16.7 Å². The molecule has 1 N–H and O–H groups in total. The zero-order chi connectivity index (χ0) is 14.7. The SMILES string of the molecule is O=C(NCC(Br)c1ccccc1)C1CSc2ccccc21. The lowest BCUT2D eigenvalue weighted by Gasteiger charge is -2.15. The molecule has 2 aromatic carbocycles. The highest BCUT2D eigenvalue weighted by Gasteiger charge is 2.28. The first kappa shape index (κ1) is 14.7. The molecule has 0 bridgehead atoms. The van der Waals surface area contributed by atoms with Crippen LogP contribution in [0, 0.1) is 0 Å². The Labute approximate surface area is 137 Å². The largest absolute Gasteiger partial charge is 0.354 e. The summed E-state index contributed by atoms with van der Waals surface area (Å²) in [6.45, 7) is 0.603. The summed E-state index contributed by atoms with van der Waals surface area (Å²) in [6, 6.07) is 18.3. The zero-order valence-corrected chi connectivity index (χ0v) is 13.9. The lowest BCUT2D eigenvalue weighted by Crippen LogP contribution is -2.31. The maximum atomic E-state index is 12.4. The number of nitrogens with one attached hydrogen (secondary N) is 1. The Morgan fingerprint density at radius 1 is 1.19 bits per heavy atom. The van der Waals surface area contributed by atoms with Crippen molar-refractivity contribution in [1.82, 2.24) is 5.32 Å². The Bertz CT molecular complexity index is 632. The first-order valence-electron chi connectivity index (χ1n) is 6.94. The van der Waals surface area contributed by atoms with E-state index in [0.717, 1.165) is 11.3 Å². The molecule has 2 atom stereocenters. The molecule has 21 heavy (non-hydrogen) atoms. The van der Waals surface area contributed by atoms with Gasteiger partial charge in [-0.2, -0.15) is 0 Å². The average Bonchev–Trinajstić information content (AvgIpc) is 2.97. The van der Waals surface area contributed by atoms with Gasteiger partial charge in [0.2, 0.25) is 5.91 Å². The van der Waals surface area contributed by atoms with Crippen molar-refractivity contribution < 1.29 is 4.79 Å². The molecule has 3 rings (SSSR count). The molecule has 2 aromatic rings. The van der Waals surface area contributed by atoms with Gasteiger partial charge in [0.25, 0.3) is 0 Å². The molecule has 4 heteroatoms. The number of amides is 1. The van der Waals surface area contributed by atoms with E-state index in [1.165, 1.54) is 10.5 Å². The van der Waals surface area contributed by atoms with Crippen LogP contribution in [0.2, 0.25) is 0 Å². The van der Waals surface area contributed by atoms with Crippen LogP contribution in [-0.2, 0) is 4.79 Å². The van der Waals surface area contributed by atoms with Crippen molar-refractivity contribution >= 4 is 33.6 Å². The molecular weight excluding hydrogens is 346 g/mol. The summed E-state index contributed by atoms with van der Waals surface area (Å²) < 4.78 is 0. The summed E-state index contributed by atoms with van der Waals surface area (Å²) in [5.74, 6) is 0.929. The van der Waals surface area contributed by atoms with Crippen LogP contribution in [0.4, 0.5) is 0 Å². The molecule has 0 fully saturated rings. The third kappa shape index (κ3) is 3.33. The molecule has 1 amide bonds. The predicted molar refractivity (Wildman–Crippen MR) is 91.0 cm³/mol. The van der Waals surface area contributed by atoms with Gasteiger partial charge in [-0.25, -0.2) is 0 Å². The number of alkyl halides is 1. The van der Waals surface area contributed by atoms with Crippen molar-refractivity contribution in [2.75, 3.05) is 12.3 Å². The number of fused-ring (bicyclic) bond motifs is 1. The van der Waals surface area contributed by atoms with Crippen LogP contribution in [0.3, 0.4) is 0 Å². The molecule has 1 aliphatic rings. The maximum Gasteiger partial charge on any atom is 0.228 e. The molecule has 0 aliphatic carbocycles. The second-order valence-corrected chi connectivity index (χ2v) is 7.19. The summed E-state index contributed by atoms with van der Waals surface area (Å²) in [7, 11) is 0. The van der Waals surface area contributed by atoms with Gasteiger partial charge in [-0.05, 0) is 17.2 Å². The van der Waals surface area contributed by atoms with E-state index in [2.05, 4.69) is 45.5 Å². The van der Waals surface area contributed by atoms with E-state index in [4.69, 9.17) is 0 Å². The van der Waals surface area contributed by atoms with Crippen molar-refractivity contribution in [1.29, 1.82) is 0 Å². The fourth-order valence-electron chi connectivity index (χ4n) is 2.47. The number of benzene rings is 2. The summed E-state index contributed by atoms with van der Waals surface area (Å²) in [5, 5.41) is 3.06. The van der Waals surface area contributed by atoms with Crippen molar-refractivity contribution in [3.05, 3.63) is 65.7 Å². The maximum absolute atomic E-state index is 12.4. The second kappa shape index (κ2) is 6.67. The first-order valence-corrected chi connectivity index (χ1v) is 8.84. The highest BCUT2D eigenvalue weighted by molar-refractivity contribution is 9.09. The predicted octanol–water partition coefficient (Wildman–Crippen LogP) is 4.13. The number of hydrogen-bond acceptors (Lipinski definition) is 2. The van der Waals surface area contributed by atoms with E-state index in [9.17, 15) is 4.79 Å². The van der Waals surface area contributed by atoms with Gasteiger partial charge in [-0.3, -0.25) is 4.79 Å². The number of rotatable bonds is 4. The fourth-order valence-corrected chi connectivity index (χ4v) is 4.17. The van der Waals surface area contributed by atoms with Crippen LogP contribution >= 0.6 is 27.7 Å². The van der Waals surface area contributed by atoms with Crippen molar-refractivity contribution in [2.24, 2.45) is 0 Å². The molecule has 0 saturated heterocycles. The summed E-state index contributed by atoms with van der Waals surface area (Å²) >= 11 is 5.40. The molecule has 0 saturated carbocycles. The molecule has 2 unspecified atom stereocenters. The Morgan fingerprint density at radius 3 is 2.71 bits per heavy atom. The Balaban J connectivity index is 1.61. The second-order valence-electron chi connectivity index (χ2n) is 5.02. The fraction of sp³-hybridized carbons (Fsp3) is 0.235. The molecule has 0 radical (unpaired) electrons. The Hall–Kier alpha value is -1.26. The average molecular weight is 362 g/mol. The zero-order valence-electron chi connectivity index (χ0n) is 11.5. The Kier molecular flexibility index (Phi) is 4.66. The van der Waals surface area contributed by atoms with E-state index in [0.29, 0.717) is 6.54 Å². The van der Waals surface area contributed by atoms with Gasteiger partial charge in [-0.1, -0.05) is 64.5 Å². The number of thioether (sulfide) groups is 1. The Morgan fingerprint density at radius 2 is 1.90 bits per heavy atom. The molecule has 1 aliphatic heterocycles. The normalized spacial score (nSPS) is 18.0. The van der Waals surface area contributed by atoms with Crippen molar-refractivity contribution in [2.45, 2.75) is 15.6 Å². The standard InChI is InChI=1S/C17H16BrNOS/c18-15(12-6-2-1-3-7-12)10-19-17(20)14-11-21-16-9-5-4-8-13(14)16/h1-9,14-15H,10-11H2,(H,19,20). The number of hydrogen-bond donors (Lipinski definition) is 1. The quantitative estimate of drug-likeness (QED) is 0.829. The van der Waals surface area contributed by atoms with Gasteiger partial charge < -0.3 is 5.32 Å². The molecular formula is C17H16BrNOS. The monoisotopic (exact) mass is 361 g/mol. The van der Waals surface area contributed by atoms with Crippen molar-refractivity contribution in [3.8, 4) is 0 Å². The lowest BCUT2D eigenvalue weighted by atomic mass is 10.0. The highest BCUT2D eigenvalue weighted by atomic mass is 79.9. The van der Waals surface area contributed by atoms with Gasteiger partial charge in [0.05, 0.1) is 10.7 Å². The lowest BCUT2D eigenvalue weighted by molar-refractivity contribution is -0.122. The molecule has 0 aromatic heterocycles. The number of halogens is 1. The smallest absolute Gasteiger partial charge is 0.228 e. The molecule has 108 valence electrons. The van der Waals surface area contributed by atoms with E-state index < -0.39 is 0 Å². The number of carbonyl (C=O) groups excluding carboxylic acids is 1. The highest BCUT2D eigenvalue weighted by Crippen LogP contribution is 2.39. The van der Waals surface area contributed by atoms with Crippen LogP contribution in [0.25, 0.3) is 0 Å². The summed E-state index contributed by atoms with van der Waals surface area (Å²) in [5.41, 5.74) is 2.34. The minimum absolute atomic E-state index is 0.0262. The van der Waals surface area contributed by atoms with E-state index >= 15 is 0 Å². The van der Waals surface area contributed by atoms with Crippen LogP contribution in [0.15, 0.2) is 59.5 Å². The van der Waals surface area contributed by atoms with Crippen LogP contribution in [-0.4, -0.2) is 18.2 Å². The van der Waals surface area contributed by atoms with Gasteiger partial charge in [0, 0.05) is 17.2 Å². The third-order valence-corrected chi connectivity index (χ3v) is 5.67.